The minimum atomic E-state index is -0.858. The van der Waals surface area contributed by atoms with E-state index in [4.69, 9.17) is 0 Å². The fourth-order valence-corrected chi connectivity index (χ4v) is 3.00. The number of carbonyl (C=O) groups excluding carboxylic acids is 1. The molecule has 5 nitrogen and oxygen atoms in total. The van der Waals surface area contributed by atoms with Crippen molar-refractivity contribution < 1.29 is 14.8 Å². The lowest BCUT2D eigenvalue weighted by atomic mass is 9.74. The van der Waals surface area contributed by atoms with Gasteiger partial charge < -0.3 is 5.11 Å². The molecule has 0 spiro atoms. The number of ketones is 1. The van der Waals surface area contributed by atoms with E-state index in [1.165, 1.54) is 19.1 Å². The van der Waals surface area contributed by atoms with Gasteiger partial charge in [-0.3, -0.25) is 14.9 Å². The molecule has 0 bridgehead atoms. The number of hydrogen-bond donors (Lipinski definition) is 1. The van der Waals surface area contributed by atoms with Gasteiger partial charge in [0, 0.05) is 18.6 Å². The Bertz CT molecular complexity index is 501. The van der Waals surface area contributed by atoms with Crippen molar-refractivity contribution in [1.82, 2.24) is 0 Å². The van der Waals surface area contributed by atoms with Crippen LogP contribution in [-0.2, 0) is 4.79 Å². The molecule has 20 heavy (non-hydrogen) atoms. The normalized spacial score (nSPS) is 26.2. The van der Waals surface area contributed by atoms with Crippen LogP contribution in [0.2, 0.25) is 0 Å². The largest absolute Gasteiger partial charge is 0.389 e. The molecule has 0 atom stereocenters. The number of nitro benzene ring substituents is 1. The fourth-order valence-electron chi connectivity index (χ4n) is 3.00. The smallest absolute Gasteiger partial charge is 0.269 e. The molecule has 1 fully saturated rings. The quantitative estimate of drug-likeness (QED) is 0.677. The van der Waals surface area contributed by atoms with Crippen LogP contribution in [0.5, 0.6) is 0 Å². The summed E-state index contributed by atoms with van der Waals surface area (Å²) in [4.78, 5) is 21.4. The van der Waals surface area contributed by atoms with E-state index in [2.05, 4.69) is 0 Å². The van der Waals surface area contributed by atoms with Gasteiger partial charge in [-0.1, -0.05) is 12.1 Å². The maximum absolute atomic E-state index is 11.1. The van der Waals surface area contributed by atoms with Gasteiger partial charge in [0.05, 0.1) is 10.5 Å². The Morgan fingerprint density at radius 2 is 1.90 bits per heavy atom. The second kappa shape index (κ2) is 5.71. The summed E-state index contributed by atoms with van der Waals surface area (Å²) < 4.78 is 0. The second-order valence-corrected chi connectivity index (χ2v) is 5.73. The predicted molar refractivity (Wildman–Crippen MR) is 74.6 cm³/mol. The van der Waals surface area contributed by atoms with E-state index < -0.39 is 10.5 Å². The maximum atomic E-state index is 11.1. The zero-order chi connectivity index (χ0) is 14.8. The van der Waals surface area contributed by atoms with Gasteiger partial charge in [-0.05, 0) is 44.1 Å². The minimum Gasteiger partial charge on any atom is -0.389 e. The van der Waals surface area contributed by atoms with Crippen LogP contribution in [0.1, 0.15) is 50.5 Å². The van der Waals surface area contributed by atoms with Crippen molar-refractivity contribution in [3.8, 4) is 0 Å². The molecule has 5 heteroatoms. The van der Waals surface area contributed by atoms with Crippen molar-refractivity contribution in [3.05, 3.63) is 39.9 Å². The monoisotopic (exact) mass is 277 g/mol. The number of benzene rings is 1. The Kier molecular flexibility index (Phi) is 4.18. The van der Waals surface area contributed by atoms with Gasteiger partial charge in [-0.25, -0.2) is 0 Å². The number of hydrogen-bond acceptors (Lipinski definition) is 4. The van der Waals surface area contributed by atoms with Crippen molar-refractivity contribution in [3.63, 3.8) is 0 Å². The van der Waals surface area contributed by atoms with Gasteiger partial charge in [0.25, 0.3) is 5.69 Å². The minimum absolute atomic E-state index is 0.0151. The second-order valence-electron chi connectivity index (χ2n) is 5.73. The van der Waals surface area contributed by atoms with Gasteiger partial charge in [0.1, 0.15) is 5.78 Å². The first-order valence-corrected chi connectivity index (χ1v) is 6.86. The van der Waals surface area contributed by atoms with E-state index in [9.17, 15) is 20.0 Å². The molecule has 0 heterocycles. The van der Waals surface area contributed by atoms with Crippen LogP contribution in [0.4, 0.5) is 5.69 Å². The average molecular weight is 277 g/mol. The highest BCUT2D eigenvalue weighted by Gasteiger charge is 2.34. The van der Waals surface area contributed by atoms with Crippen LogP contribution in [0.15, 0.2) is 24.3 Å². The molecular formula is C15H19NO4. The number of carbonyl (C=O) groups is 1. The number of non-ortho nitro benzene ring substituents is 1. The molecule has 0 unspecified atom stereocenters. The molecule has 0 aromatic heterocycles. The molecule has 1 aromatic carbocycles. The number of aliphatic hydroxyl groups is 1. The summed E-state index contributed by atoms with van der Waals surface area (Å²) in [5.41, 5.74) is 0.307. The van der Waals surface area contributed by atoms with Crippen molar-refractivity contribution in [2.24, 2.45) is 0 Å². The molecule has 0 amide bonds. The Morgan fingerprint density at radius 1 is 1.35 bits per heavy atom. The van der Waals surface area contributed by atoms with E-state index in [0.717, 1.165) is 18.4 Å². The molecular weight excluding hydrogens is 258 g/mol. The van der Waals surface area contributed by atoms with Gasteiger partial charge >= 0.3 is 0 Å². The first kappa shape index (κ1) is 14.7. The summed E-state index contributed by atoms with van der Waals surface area (Å²) in [5.74, 6) is 0.323. The lowest BCUT2D eigenvalue weighted by Crippen LogP contribution is -2.35. The summed E-state index contributed by atoms with van der Waals surface area (Å²) in [6.07, 6.45) is 3.05. The van der Waals surface area contributed by atoms with Gasteiger partial charge in [0.15, 0.2) is 0 Å². The molecule has 1 N–H and O–H groups in total. The zero-order valence-electron chi connectivity index (χ0n) is 11.5. The highest BCUT2D eigenvalue weighted by Crippen LogP contribution is 2.39. The highest BCUT2D eigenvalue weighted by molar-refractivity contribution is 5.76. The molecule has 2 rings (SSSR count). The predicted octanol–water partition coefficient (Wildman–Crippen LogP) is 2.96. The Morgan fingerprint density at radius 3 is 2.35 bits per heavy atom. The molecule has 1 aliphatic carbocycles. The number of nitrogens with zero attached hydrogens (tertiary/aromatic N) is 1. The molecule has 108 valence electrons. The molecule has 1 saturated carbocycles. The molecule has 0 radical (unpaired) electrons. The number of rotatable bonds is 4. The van der Waals surface area contributed by atoms with Crippen LogP contribution in [0.25, 0.3) is 0 Å². The molecule has 1 aromatic rings. The molecule has 1 aliphatic rings. The third-order valence-corrected chi connectivity index (χ3v) is 4.07. The molecule has 0 aliphatic heterocycles. The van der Waals surface area contributed by atoms with Crippen molar-refractivity contribution >= 4 is 11.5 Å². The topological polar surface area (TPSA) is 80.4 Å². The van der Waals surface area contributed by atoms with Gasteiger partial charge in [0.2, 0.25) is 0 Å². The lowest BCUT2D eigenvalue weighted by Gasteiger charge is -2.35. The van der Waals surface area contributed by atoms with Gasteiger partial charge in [-0.15, -0.1) is 0 Å². The summed E-state index contributed by atoms with van der Waals surface area (Å²) in [7, 11) is 0. The Hall–Kier alpha value is -1.75. The molecule has 0 saturated heterocycles. The van der Waals surface area contributed by atoms with Crippen molar-refractivity contribution in [2.45, 2.75) is 50.5 Å². The average Bonchev–Trinajstić information content (AvgIpc) is 2.38. The highest BCUT2D eigenvalue weighted by atomic mass is 16.6. The Balaban J connectivity index is 2.00. The summed E-state index contributed by atoms with van der Waals surface area (Å²) in [5, 5.41) is 20.9. The third-order valence-electron chi connectivity index (χ3n) is 4.07. The lowest BCUT2D eigenvalue weighted by molar-refractivity contribution is -0.384. The SMILES string of the molecule is CC(=O)C[C@]1(O)CC[C@@H](c2ccc([N+](=O)[O-])cc2)CC1. The van der Waals surface area contributed by atoms with E-state index in [1.807, 2.05) is 0 Å². The fraction of sp³-hybridized carbons (Fsp3) is 0.533. The third kappa shape index (κ3) is 3.42. The standard InChI is InChI=1S/C15H19NO4/c1-11(17)10-15(18)8-6-13(7-9-15)12-2-4-14(5-3-12)16(19)20/h2-5,13,18H,6-10H2,1H3/t13-,15+. The van der Waals surface area contributed by atoms with Crippen molar-refractivity contribution in [2.75, 3.05) is 0 Å². The number of nitro groups is 1. The van der Waals surface area contributed by atoms with Crippen LogP contribution >= 0.6 is 0 Å². The first-order valence-electron chi connectivity index (χ1n) is 6.86. The zero-order valence-corrected chi connectivity index (χ0v) is 11.5. The summed E-state index contributed by atoms with van der Waals surface area (Å²) in [6, 6.07) is 6.62. The summed E-state index contributed by atoms with van der Waals surface area (Å²) in [6.45, 7) is 1.50. The van der Waals surface area contributed by atoms with E-state index in [-0.39, 0.29) is 17.9 Å². The van der Waals surface area contributed by atoms with Crippen LogP contribution < -0.4 is 0 Å². The van der Waals surface area contributed by atoms with E-state index in [0.29, 0.717) is 18.8 Å². The van der Waals surface area contributed by atoms with Crippen LogP contribution in [0.3, 0.4) is 0 Å². The maximum Gasteiger partial charge on any atom is 0.269 e. The number of Topliss-reactive ketones (excluding diaryl/α,β-unsaturated/α-hetero) is 1. The van der Waals surface area contributed by atoms with E-state index in [1.54, 1.807) is 12.1 Å². The van der Waals surface area contributed by atoms with Crippen molar-refractivity contribution in [1.29, 1.82) is 0 Å². The van der Waals surface area contributed by atoms with Gasteiger partial charge in [-0.2, -0.15) is 0 Å². The summed E-state index contributed by atoms with van der Waals surface area (Å²) >= 11 is 0. The Labute approximate surface area is 117 Å². The first-order chi connectivity index (χ1) is 9.39. The van der Waals surface area contributed by atoms with Crippen LogP contribution in [-0.4, -0.2) is 21.4 Å². The van der Waals surface area contributed by atoms with Crippen LogP contribution in [0, 0.1) is 10.1 Å². The van der Waals surface area contributed by atoms with E-state index >= 15 is 0 Å².